The quantitative estimate of drug-likeness (QED) is 0.801. The molecule has 1 N–H and O–H groups in total. The number of amides is 2. The predicted octanol–water partition coefficient (Wildman–Crippen LogP) is 1.67. The first kappa shape index (κ1) is 17.7. The van der Waals surface area contributed by atoms with Crippen LogP contribution in [-0.4, -0.2) is 54.8 Å². The summed E-state index contributed by atoms with van der Waals surface area (Å²) in [6.45, 7) is 3.86. The highest BCUT2D eigenvalue weighted by molar-refractivity contribution is 7.99. The van der Waals surface area contributed by atoms with Gasteiger partial charge in [0.05, 0.1) is 13.2 Å². The fourth-order valence-electron chi connectivity index (χ4n) is 2.25. The molecule has 0 spiro atoms. The standard InChI is InChI=1S/C16H21FN2O3S/c1-12(16(21)19-7-9-22-10-8-19)18-15(20)6-11-23-14-5-3-2-4-13(14)17/h2-5,12H,6-11H2,1H3,(H,18,20). The Bertz CT molecular complexity index is 550. The maximum atomic E-state index is 13.5. The molecule has 7 heteroatoms. The minimum absolute atomic E-state index is 0.0941. The molecule has 1 aromatic carbocycles. The van der Waals surface area contributed by atoms with Crippen LogP contribution in [0.15, 0.2) is 29.2 Å². The van der Waals surface area contributed by atoms with Crippen molar-refractivity contribution in [1.29, 1.82) is 0 Å². The van der Waals surface area contributed by atoms with Gasteiger partial charge in [0, 0.05) is 30.2 Å². The van der Waals surface area contributed by atoms with Crippen LogP contribution in [-0.2, 0) is 14.3 Å². The summed E-state index contributed by atoms with van der Waals surface area (Å²) in [5, 5.41) is 2.70. The zero-order chi connectivity index (χ0) is 16.7. The first-order valence-corrected chi connectivity index (χ1v) is 8.59. The van der Waals surface area contributed by atoms with E-state index in [0.717, 1.165) is 0 Å². The van der Waals surface area contributed by atoms with Crippen molar-refractivity contribution in [2.45, 2.75) is 24.3 Å². The molecule has 1 atom stereocenters. The zero-order valence-corrected chi connectivity index (χ0v) is 13.9. The molecule has 1 aliphatic rings. The molecule has 1 unspecified atom stereocenters. The van der Waals surface area contributed by atoms with Crippen LogP contribution < -0.4 is 5.32 Å². The van der Waals surface area contributed by atoms with Crippen LogP contribution in [0.2, 0.25) is 0 Å². The number of nitrogens with one attached hydrogen (secondary N) is 1. The van der Waals surface area contributed by atoms with E-state index >= 15 is 0 Å². The lowest BCUT2D eigenvalue weighted by Crippen LogP contribution is -2.50. The van der Waals surface area contributed by atoms with Gasteiger partial charge in [-0.1, -0.05) is 12.1 Å². The van der Waals surface area contributed by atoms with E-state index in [-0.39, 0.29) is 24.1 Å². The van der Waals surface area contributed by atoms with Crippen LogP contribution in [0.1, 0.15) is 13.3 Å². The second kappa shape index (κ2) is 8.88. The molecule has 1 heterocycles. The molecular weight excluding hydrogens is 319 g/mol. The normalized spacial score (nSPS) is 16.0. The molecule has 0 radical (unpaired) electrons. The number of carbonyl (C=O) groups is 2. The number of morpholine rings is 1. The van der Waals surface area contributed by atoms with Gasteiger partial charge in [-0.3, -0.25) is 9.59 Å². The molecule has 126 valence electrons. The zero-order valence-electron chi connectivity index (χ0n) is 13.1. The minimum Gasteiger partial charge on any atom is -0.378 e. The van der Waals surface area contributed by atoms with E-state index in [9.17, 15) is 14.0 Å². The first-order valence-electron chi connectivity index (χ1n) is 7.61. The number of hydrogen-bond donors (Lipinski definition) is 1. The van der Waals surface area contributed by atoms with E-state index in [0.29, 0.717) is 37.0 Å². The van der Waals surface area contributed by atoms with Crippen LogP contribution in [0.25, 0.3) is 0 Å². The van der Waals surface area contributed by atoms with Crippen molar-refractivity contribution in [2.24, 2.45) is 0 Å². The lowest BCUT2D eigenvalue weighted by atomic mass is 10.2. The second-order valence-corrected chi connectivity index (χ2v) is 6.39. The molecule has 0 aromatic heterocycles. The third kappa shape index (κ3) is 5.51. The molecule has 0 saturated carbocycles. The van der Waals surface area contributed by atoms with Crippen molar-refractivity contribution in [3.05, 3.63) is 30.1 Å². The Morgan fingerprint density at radius 1 is 1.35 bits per heavy atom. The number of hydrogen-bond acceptors (Lipinski definition) is 4. The molecule has 0 aliphatic carbocycles. The average molecular weight is 340 g/mol. The maximum Gasteiger partial charge on any atom is 0.245 e. The molecule has 5 nitrogen and oxygen atoms in total. The monoisotopic (exact) mass is 340 g/mol. The lowest BCUT2D eigenvalue weighted by molar-refractivity contribution is -0.139. The molecule has 2 amide bonds. The van der Waals surface area contributed by atoms with Gasteiger partial charge in [0.15, 0.2) is 0 Å². The van der Waals surface area contributed by atoms with Gasteiger partial charge < -0.3 is 15.0 Å². The molecule has 0 bridgehead atoms. The van der Waals surface area contributed by atoms with Gasteiger partial charge in [-0.15, -0.1) is 11.8 Å². The summed E-state index contributed by atoms with van der Waals surface area (Å²) in [6.07, 6.45) is 0.236. The number of carbonyl (C=O) groups excluding carboxylic acids is 2. The predicted molar refractivity (Wildman–Crippen MR) is 86.7 cm³/mol. The van der Waals surface area contributed by atoms with Crippen LogP contribution >= 0.6 is 11.8 Å². The third-order valence-corrected chi connectivity index (χ3v) is 4.54. The molecular formula is C16H21FN2O3S. The summed E-state index contributed by atoms with van der Waals surface area (Å²) < 4.78 is 18.7. The topological polar surface area (TPSA) is 58.6 Å². The summed E-state index contributed by atoms with van der Waals surface area (Å²) in [7, 11) is 0. The van der Waals surface area contributed by atoms with Gasteiger partial charge in [-0.25, -0.2) is 4.39 Å². The number of halogens is 1. The average Bonchev–Trinajstić information content (AvgIpc) is 2.56. The fourth-order valence-corrected chi connectivity index (χ4v) is 3.14. The highest BCUT2D eigenvalue weighted by Crippen LogP contribution is 2.21. The van der Waals surface area contributed by atoms with Crippen molar-refractivity contribution < 1.29 is 18.7 Å². The van der Waals surface area contributed by atoms with Crippen LogP contribution in [0, 0.1) is 5.82 Å². The summed E-state index contributed by atoms with van der Waals surface area (Å²) in [6, 6.07) is 5.91. The van der Waals surface area contributed by atoms with Gasteiger partial charge in [0.2, 0.25) is 11.8 Å². The van der Waals surface area contributed by atoms with Crippen molar-refractivity contribution in [3.8, 4) is 0 Å². The minimum atomic E-state index is -0.556. The second-order valence-electron chi connectivity index (χ2n) is 5.26. The highest BCUT2D eigenvalue weighted by Gasteiger charge is 2.23. The number of nitrogens with zero attached hydrogens (tertiary/aromatic N) is 1. The Hall–Kier alpha value is -1.60. The van der Waals surface area contributed by atoms with Crippen molar-refractivity contribution in [3.63, 3.8) is 0 Å². The van der Waals surface area contributed by atoms with Gasteiger partial charge in [-0.2, -0.15) is 0 Å². The van der Waals surface area contributed by atoms with Crippen molar-refractivity contribution in [1.82, 2.24) is 10.2 Å². The summed E-state index contributed by atoms with van der Waals surface area (Å²) >= 11 is 1.29. The Morgan fingerprint density at radius 2 is 2.04 bits per heavy atom. The third-order valence-electron chi connectivity index (χ3n) is 3.49. The number of thioether (sulfide) groups is 1. The van der Waals surface area contributed by atoms with E-state index in [4.69, 9.17) is 4.74 Å². The maximum absolute atomic E-state index is 13.5. The van der Waals surface area contributed by atoms with Crippen LogP contribution in [0.4, 0.5) is 4.39 Å². The van der Waals surface area contributed by atoms with E-state index in [2.05, 4.69) is 5.32 Å². The number of ether oxygens (including phenoxy) is 1. The van der Waals surface area contributed by atoms with Gasteiger partial charge in [0.1, 0.15) is 11.9 Å². The Kier molecular flexibility index (Phi) is 6.85. The van der Waals surface area contributed by atoms with E-state index < -0.39 is 6.04 Å². The van der Waals surface area contributed by atoms with Gasteiger partial charge in [0.25, 0.3) is 0 Å². The molecule has 1 aliphatic heterocycles. The molecule has 1 fully saturated rings. The van der Waals surface area contributed by atoms with E-state index in [1.807, 2.05) is 0 Å². The summed E-state index contributed by atoms with van der Waals surface area (Å²) in [4.78, 5) is 26.3. The van der Waals surface area contributed by atoms with E-state index in [1.54, 1.807) is 30.0 Å². The Labute approximate surface area is 139 Å². The van der Waals surface area contributed by atoms with Gasteiger partial charge >= 0.3 is 0 Å². The number of benzene rings is 1. The summed E-state index contributed by atoms with van der Waals surface area (Å²) in [5.41, 5.74) is 0. The van der Waals surface area contributed by atoms with Crippen LogP contribution in [0.5, 0.6) is 0 Å². The van der Waals surface area contributed by atoms with Crippen LogP contribution in [0.3, 0.4) is 0 Å². The SMILES string of the molecule is CC(NC(=O)CCSc1ccccc1F)C(=O)N1CCOCC1. The lowest BCUT2D eigenvalue weighted by Gasteiger charge is -2.29. The first-order chi connectivity index (χ1) is 11.1. The highest BCUT2D eigenvalue weighted by atomic mass is 32.2. The smallest absolute Gasteiger partial charge is 0.245 e. The Balaban J connectivity index is 1.71. The van der Waals surface area contributed by atoms with E-state index in [1.165, 1.54) is 17.8 Å². The van der Waals surface area contributed by atoms with Crippen molar-refractivity contribution >= 4 is 23.6 Å². The largest absolute Gasteiger partial charge is 0.378 e. The molecule has 2 rings (SSSR count). The van der Waals surface area contributed by atoms with Crippen molar-refractivity contribution in [2.75, 3.05) is 32.1 Å². The number of rotatable bonds is 6. The Morgan fingerprint density at radius 3 is 2.74 bits per heavy atom. The van der Waals surface area contributed by atoms with Gasteiger partial charge in [-0.05, 0) is 19.1 Å². The molecule has 1 saturated heterocycles. The molecule has 1 aromatic rings. The summed E-state index contributed by atoms with van der Waals surface area (Å²) in [5.74, 6) is -0.120. The fraction of sp³-hybridized carbons (Fsp3) is 0.500. The molecule has 23 heavy (non-hydrogen) atoms.